The van der Waals surface area contributed by atoms with E-state index >= 15 is 0 Å². The molecule has 0 amide bonds. The lowest BCUT2D eigenvalue weighted by molar-refractivity contribution is -0.128. The number of benzene rings is 2. The third-order valence-electron chi connectivity index (χ3n) is 5.84. The van der Waals surface area contributed by atoms with Crippen molar-refractivity contribution in [3.63, 3.8) is 0 Å². The second-order valence-corrected chi connectivity index (χ2v) is 15.0. The maximum atomic E-state index is 12.8. The maximum absolute atomic E-state index is 12.8. The summed E-state index contributed by atoms with van der Waals surface area (Å²) in [6, 6.07) is 17.6. The first kappa shape index (κ1) is 29.8. The molecule has 2 rings (SSSR count). The summed E-state index contributed by atoms with van der Waals surface area (Å²) in [5.41, 5.74) is 5.41. The van der Waals surface area contributed by atoms with Gasteiger partial charge in [-0.15, -0.1) is 11.5 Å². The summed E-state index contributed by atoms with van der Waals surface area (Å²) in [5.74, 6) is 3.90. The summed E-state index contributed by atoms with van der Waals surface area (Å²) >= 11 is 0. The van der Waals surface area contributed by atoms with Crippen LogP contribution in [-0.4, -0.2) is 44.9 Å². The number of rotatable bonds is 15. The molecule has 0 fully saturated rings. The van der Waals surface area contributed by atoms with Crippen LogP contribution in [0.25, 0.3) is 0 Å². The van der Waals surface area contributed by atoms with Gasteiger partial charge in [0.25, 0.3) is 0 Å². The van der Waals surface area contributed by atoms with Crippen molar-refractivity contribution in [1.82, 2.24) is 0 Å². The molecule has 0 saturated carbocycles. The van der Waals surface area contributed by atoms with E-state index in [9.17, 15) is 9.90 Å². The summed E-state index contributed by atoms with van der Waals surface area (Å²) in [4.78, 5) is 12.8. The molecule has 1 N–H and O–H groups in total. The predicted octanol–water partition coefficient (Wildman–Crippen LogP) is 5.80. The number of methoxy groups -OCH3 is 1. The SMILES string of the molecule is COc1ccc(CO[C@@H](CCOCc2ccccc2)[C@@H](O)CC(=O)[C@@H](C)CCC#C[Si](C)(C)C)cc1. The van der Waals surface area contributed by atoms with E-state index in [-0.39, 0.29) is 18.1 Å². The minimum Gasteiger partial charge on any atom is -0.497 e. The van der Waals surface area contributed by atoms with E-state index in [1.165, 1.54) is 0 Å². The van der Waals surface area contributed by atoms with E-state index in [1.54, 1.807) is 7.11 Å². The van der Waals surface area contributed by atoms with Gasteiger partial charge >= 0.3 is 0 Å². The van der Waals surface area contributed by atoms with Crippen LogP contribution in [0.15, 0.2) is 54.6 Å². The minimum absolute atomic E-state index is 0.0422. The zero-order valence-electron chi connectivity index (χ0n) is 22.5. The Balaban J connectivity index is 1.91. The van der Waals surface area contributed by atoms with E-state index in [4.69, 9.17) is 14.2 Å². The highest BCUT2D eigenvalue weighted by molar-refractivity contribution is 6.83. The molecule has 196 valence electrons. The van der Waals surface area contributed by atoms with Gasteiger partial charge in [-0.2, -0.15) is 0 Å². The fraction of sp³-hybridized carbons (Fsp3) is 0.500. The van der Waals surface area contributed by atoms with Gasteiger partial charge < -0.3 is 19.3 Å². The van der Waals surface area contributed by atoms with Crippen molar-refractivity contribution in [1.29, 1.82) is 0 Å². The van der Waals surface area contributed by atoms with Crippen LogP contribution in [0.4, 0.5) is 0 Å². The number of hydrogen-bond acceptors (Lipinski definition) is 5. The van der Waals surface area contributed by atoms with Crippen molar-refractivity contribution in [2.75, 3.05) is 13.7 Å². The molecule has 0 aliphatic rings. The number of ether oxygens (including phenoxy) is 3. The van der Waals surface area contributed by atoms with Crippen LogP contribution in [-0.2, 0) is 27.5 Å². The molecule has 36 heavy (non-hydrogen) atoms. The zero-order chi connectivity index (χ0) is 26.4. The molecule has 5 nitrogen and oxygen atoms in total. The number of aliphatic hydroxyl groups is 1. The monoisotopic (exact) mass is 510 g/mol. The quantitative estimate of drug-likeness (QED) is 0.186. The smallest absolute Gasteiger partial charge is 0.138 e. The Kier molecular flexibility index (Phi) is 12.9. The van der Waals surface area contributed by atoms with Crippen LogP contribution in [0, 0.1) is 17.4 Å². The third-order valence-corrected chi connectivity index (χ3v) is 6.76. The zero-order valence-corrected chi connectivity index (χ0v) is 23.5. The summed E-state index contributed by atoms with van der Waals surface area (Å²) in [6.07, 6.45) is 0.568. The largest absolute Gasteiger partial charge is 0.497 e. The number of ketones is 1. The van der Waals surface area contributed by atoms with Crippen molar-refractivity contribution in [3.8, 4) is 17.2 Å². The third kappa shape index (κ3) is 12.0. The molecule has 0 heterocycles. The lowest BCUT2D eigenvalue weighted by atomic mass is 9.94. The molecule has 0 aromatic heterocycles. The Morgan fingerprint density at radius 3 is 2.28 bits per heavy atom. The Labute approximate surface area is 218 Å². The van der Waals surface area contributed by atoms with Gasteiger partial charge in [0.05, 0.1) is 32.5 Å². The van der Waals surface area contributed by atoms with Crippen LogP contribution in [0.2, 0.25) is 19.6 Å². The molecule has 0 aliphatic heterocycles. The van der Waals surface area contributed by atoms with Gasteiger partial charge in [0, 0.05) is 25.4 Å². The fourth-order valence-electron chi connectivity index (χ4n) is 3.59. The van der Waals surface area contributed by atoms with E-state index in [0.29, 0.717) is 39.1 Å². The average Bonchev–Trinajstić information content (AvgIpc) is 2.86. The highest BCUT2D eigenvalue weighted by Gasteiger charge is 2.25. The molecular formula is C30H42O5Si. The molecule has 0 saturated heterocycles. The molecule has 2 aromatic carbocycles. The first-order valence-corrected chi connectivity index (χ1v) is 16.2. The van der Waals surface area contributed by atoms with Crippen LogP contribution >= 0.6 is 0 Å². The predicted molar refractivity (Wildman–Crippen MR) is 147 cm³/mol. The van der Waals surface area contributed by atoms with Crippen molar-refractivity contribution in [3.05, 3.63) is 65.7 Å². The van der Waals surface area contributed by atoms with Gasteiger partial charge in [-0.05, 0) is 36.1 Å². The van der Waals surface area contributed by atoms with Crippen LogP contribution in [0.5, 0.6) is 5.75 Å². The molecule has 0 bridgehead atoms. The molecule has 0 spiro atoms. The van der Waals surface area contributed by atoms with Gasteiger partial charge in [0.2, 0.25) is 0 Å². The highest BCUT2D eigenvalue weighted by atomic mass is 28.3. The van der Waals surface area contributed by atoms with E-state index in [2.05, 4.69) is 31.1 Å². The minimum atomic E-state index is -1.40. The second kappa shape index (κ2) is 15.6. The molecule has 3 atom stereocenters. The van der Waals surface area contributed by atoms with Gasteiger partial charge in [-0.1, -0.05) is 69.0 Å². The van der Waals surface area contributed by atoms with Gasteiger partial charge in [0.15, 0.2) is 0 Å². The molecular weight excluding hydrogens is 468 g/mol. The van der Waals surface area contributed by atoms with E-state index in [1.807, 2.05) is 61.5 Å². The van der Waals surface area contributed by atoms with Crippen LogP contribution in [0.1, 0.15) is 43.7 Å². The summed E-state index contributed by atoms with van der Waals surface area (Å²) in [6.45, 7) is 9.80. The summed E-state index contributed by atoms with van der Waals surface area (Å²) in [5, 5.41) is 10.9. The molecule has 2 aromatic rings. The normalized spacial score (nSPS) is 13.8. The van der Waals surface area contributed by atoms with Crippen molar-refractivity contribution >= 4 is 13.9 Å². The molecule has 0 aliphatic carbocycles. The number of hydrogen-bond donors (Lipinski definition) is 1. The van der Waals surface area contributed by atoms with Crippen LogP contribution < -0.4 is 4.74 Å². The summed E-state index contributed by atoms with van der Waals surface area (Å²) < 4.78 is 17.1. The number of aliphatic hydroxyl groups excluding tert-OH is 1. The average molecular weight is 511 g/mol. The van der Waals surface area contributed by atoms with E-state index in [0.717, 1.165) is 16.9 Å². The van der Waals surface area contributed by atoms with E-state index < -0.39 is 20.3 Å². The topological polar surface area (TPSA) is 65.0 Å². The van der Waals surface area contributed by atoms with Gasteiger partial charge in [0.1, 0.15) is 19.6 Å². The first-order valence-electron chi connectivity index (χ1n) is 12.7. The Morgan fingerprint density at radius 2 is 1.64 bits per heavy atom. The molecule has 6 heteroatoms. The molecule has 0 radical (unpaired) electrons. The number of Topliss-reactive ketones (excluding diaryl/α,β-unsaturated/α-hetero) is 1. The summed E-state index contributed by atoms with van der Waals surface area (Å²) in [7, 11) is 0.230. The van der Waals surface area contributed by atoms with Gasteiger partial charge in [-0.3, -0.25) is 4.79 Å². The lowest BCUT2D eigenvalue weighted by Crippen LogP contribution is -2.33. The lowest BCUT2D eigenvalue weighted by Gasteiger charge is -2.24. The highest BCUT2D eigenvalue weighted by Crippen LogP contribution is 2.18. The number of carbonyl (C=O) groups is 1. The Hall–Kier alpha value is -2.43. The number of carbonyl (C=O) groups excluding carboxylic acids is 1. The van der Waals surface area contributed by atoms with Crippen molar-refractivity contribution in [2.24, 2.45) is 5.92 Å². The Morgan fingerprint density at radius 1 is 0.972 bits per heavy atom. The van der Waals surface area contributed by atoms with Crippen molar-refractivity contribution < 1.29 is 24.1 Å². The van der Waals surface area contributed by atoms with Gasteiger partial charge in [-0.25, -0.2) is 0 Å². The Bertz CT molecular complexity index is 957. The second-order valence-electron chi connectivity index (χ2n) is 10.3. The van der Waals surface area contributed by atoms with Crippen LogP contribution in [0.3, 0.4) is 0 Å². The fourth-order valence-corrected chi connectivity index (χ4v) is 4.25. The van der Waals surface area contributed by atoms with Crippen molar-refractivity contribution in [2.45, 2.75) is 77.7 Å². The molecule has 0 unspecified atom stereocenters. The standard InChI is InChI=1S/C30H42O5Si/c1-24(11-9-10-20-36(3,4)5)28(31)21-29(32)30(18-19-34-22-25-12-7-6-8-13-25)35-23-26-14-16-27(33-2)17-15-26/h6-8,12-17,24,29-30,32H,9,11,18-19,21-23H2,1-5H3/t24-,29-,30-/m0/s1. The first-order chi connectivity index (χ1) is 17.2. The maximum Gasteiger partial charge on any atom is 0.138 e.